The van der Waals surface area contributed by atoms with Gasteiger partial charge in [0.05, 0.1) is 29.1 Å². The number of aromatic nitrogens is 3. The molecule has 0 aliphatic carbocycles. The van der Waals surface area contributed by atoms with E-state index in [1.165, 1.54) is 28.0 Å². The SMILES string of the molecule is Cc1nc2sc([C@@H](c3ccc([N+](=O)[O-])cc3)N3CCOCC3)c(O)n2n1. The van der Waals surface area contributed by atoms with Crippen LogP contribution in [0.25, 0.3) is 4.96 Å². The molecule has 4 rings (SSSR count). The monoisotopic (exact) mass is 375 g/mol. The van der Waals surface area contributed by atoms with Crippen molar-refractivity contribution in [1.82, 2.24) is 19.5 Å². The van der Waals surface area contributed by atoms with Gasteiger partial charge in [-0.15, -0.1) is 5.10 Å². The van der Waals surface area contributed by atoms with E-state index >= 15 is 0 Å². The van der Waals surface area contributed by atoms with E-state index in [0.29, 0.717) is 37.1 Å². The minimum absolute atomic E-state index is 0.0389. The second-order valence-electron chi connectivity index (χ2n) is 6.04. The van der Waals surface area contributed by atoms with Gasteiger partial charge < -0.3 is 9.84 Å². The Hall–Kier alpha value is -2.56. The van der Waals surface area contributed by atoms with Crippen molar-refractivity contribution in [3.8, 4) is 5.88 Å². The summed E-state index contributed by atoms with van der Waals surface area (Å²) < 4.78 is 6.88. The van der Waals surface area contributed by atoms with E-state index in [4.69, 9.17) is 4.74 Å². The van der Waals surface area contributed by atoms with Gasteiger partial charge in [-0.05, 0) is 12.5 Å². The molecule has 10 heteroatoms. The fourth-order valence-corrected chi connectivity index (χ4v) is 4.33. The molecule has 3 heterocycles. The summed E-state index contributed by atoms with van der Waals surface area (Å²) in [4.78, 5) is 18.4. The number of rotatable bonds is 4. The van der Waals surface area contributed by atoms with Crippen molar-refractivity contribution in [2.45, 2.75) is 13.0 Å². The second-order valence-corrected chi connectivity index (χ2v) is 7.05. The molecule has 0 radical (unpaired) electrons. The van der Waals surface area contributed by atoms with Gasteiger partial charge in [-0.1, -0.05) is 23.5 Å². The van der Waals surface area contributed by atoms with Gasteiger partial charge in [-0.2, -0.15) is 4.52 Å². The molecule has 136 valence electrons. The van der Waals surface area contributed by atoms with Crippen molar-refractivity contribution in [2.24, 2.45) is 0 Å². The van der Waals surface area contributed by atoms with Crippen LogP contribution in [0.3, 0.4) is 0 Å². The number of fused-ring (bicyclic) bond motifs is 1. The molecule has 0 unspecified atom stereocenters. The zero-order chi connectivity index (χ0) is 18.3. The van der Waals surface area contributed by atoms with Gasteiger partial charge in [0, 0.05) is 25.2 Å². The lowest BCUT2D eigenvalue weighted by atomic mass is 10.0. The first-order chi connectivity index (χ1) is 12.5. The van der Waals surface area contributed by atoms with Crippen LogP contribution < -0.4 is 0 Å². The summed E-state index contributed by atoms with van der Waals surface area (Å²) in [7, 11) is 0. The molecule has 1 aliphatic rings. The van der Waals surface area contributed by atoms with E-state index in [0.717, 1.165) is 10.4 Å². The van der Waals surface area contributed by atoms with Crippen LogP contribution in [-0.4, -0.2) is 55.8 Å². The maximum atomic E-state index is 10.9. The van der Waals surface area contributed by atoms with E-state index in [-0.39, 0.29) is 17.6 Å². The quantitative estimate of drug-likeness (QED) is 0.550. The number of non-ortho nitro benzene ring substituents is 1. The molecule has 0 saturated carbocycles. The molecule has 1 aromatic carbocycles. The van der Waals surface area contributed by atoms with E-state index in [1.807, 2.05) is 0 Å². The zero-order valence-electron chi connectivity index (χ0n) is 14.0. The highest BCUT2D eigenvalue weighted by molar-refractivity contribution is 7.17. The van der Waals surface area contributed by atoms with Crippen molar-refractivity contribution >= 4 is 22.0 Å². The molecule has 1 atom stereocenters. The van der Waals surface area contributed by atoms with E-state index < -0.39 is 4.92 Å². The van der Waals surface area contributed by atoms with E-state index in [1.54, 1.807) is 19.1 Å². The Labute approximate surface area is 152 Å². The van der Waals surface area contributed by atoms with Crippen molar-refractivity contribution in [1.29, 1.82) is 0 Å². The molecule has 0 bridgehead atoms. The lowest BCUT2D eigenvalue weighted by Gasteiger charge is -2.34. The summed E-state index contributed by atoms with van der Waals surface area (Å²) in [6, 6.07) is 6.20. The number of aromatic hydroxyl groups is 1. The summed E-state index contributed by atoms with van der Waals surface area (Å²) in [5, 5.41) is 25.9. The third-order valence-electron chi connectivity index (χ3n) is 4.38. The largest absolute Gasteiger partial charge is 0.492 e. The maximum Gasteiger partial charge on any atom is 0.269 e. The van der Waals surface area contributed by atoms with Crippen LogP contribution >= 0.6 is 11.3 Å². The molecular formula is C16H17N5O4S. The average Bonchev–Trinajstić information content (AvgIpc) is 3.14. The molecule has 0 spiro atoms. The number of morpholine rings is 1. The average molecular weight is 375 g/mol. The summed E-state index contributed by atoms with van der Waals surface area (Å²) in [6.45, 7) is 4.38. The Balaban J connectivity index is 1.80. The van der Waals surface area contributed by atoms with Gasteiger partial charge in [0.2, 0.25) is 10.8 Å². The number of hydrogen-bond acceptors (Lipinski definition) is 8. The Morgan fingerprint density at radius 2 is 2.00 bits per heavy atom. The van der Waals surface area contributed by atoms with E-state index in [2.05, 4.69) is 15.0 Å². The molecule has 3 aromatic rings. The first kappa shape index (κ1) is 16.9. The lowest BCUT2D eigenvalue weighted by Crippen LogP contribution is -2.39. The molecule has 9 nitrogen and oxygen atoms in total. The number of aryl methyl sites for hydroxylation is 1. The Kier molecular flexibility index (Phi) is 4.31. The highest BCUT2D eigenvalue weighted by Gasteiger charge is 2.30. The highest BCUT2D eigenvalue weighted by Crippen LogP contribution is 2.40. The van der Waals surface area contributed by atoms with Gasteiger partial charge in [-0.3, -0.25) is 15.0 Å². The summed E-state index contributed by atoms with van der Waals surface area (Å²) in [5.74, 6) is 0.650. The smallest absolute Gasteiger partial charge is 0.269 e. The lowest BCUT2D eigenvalue weighted by molar-refractivity contribution is -0.384. The van der Waals surface area contributed by atoms with Gasteiger partial charge in [-0.25, -0.2) is 4.98 Å². The number of benzene rings is 1. The van der Waals surface area contributed by atoms with Gasteiger partial charge in [0.25, 0.3) is 5.69 Å². The Morgan fingerprint density at radius 1 is 1.31 bits per heavy atom. The number of nitro benzene ring substituents is 1. The standard InChI is InChI=1S/C16H17N5O4S/c1-10-17-16-20(18-10)15(22)14(26-16)13(19-6-8-25-9-7-19)11-2-4-12(5-3-11)21(23)24/h2-5,13,22H,6-9H2,1H3/t13-/m1/s1. The number of nitro groups is 1. The van der Waals surface area contributed by atoms with Crippen LogP contribution in [0, 0.1) is 17.0 Å². The maximum absolute atomic E-state index is 10.9. The number of ether oxygens (including phenoxy) is 1. The molecular weight excluding hydrogens is 358 g/mol. The number of thiazole rings is 1. The first-order valence-electron chi connectivity index (χ1n) is 8.16. The van der Waals surface area contributed by atoms with Gasteiger partial charge in [0.15, 0.2) is 0 Å². The Morgan fingerprint density at radius 3 is 2.62 bits per heavy atom. The third-order valence-corrected chi connectivity index (χ3v) is 5.46. The fraction of sp³-hybridized carbons (Fsp3) is 0.375. The highest BCUT2D eigenvalue weighted by atomic mass is 32.1. The first-order valence-corrected chi connectivity index (χ1v) is 8.97. The predicted molar refractivity (Wildman–Crippen MR) is 94.6 cm³/mol. The van der Waals surface area contributed by atoms with Crippen LogP contribution in [-0.2, 0) is 4.74 Å². The number of hydrogen-bond donors (Lipinski definition) is 1. The second kappa shape index (κ2) is 6.63. The summed E-state index contributed by atoms with van der Waals surface area (Å²) in [5.41, 5.74) is 0.908. The van der Waals surface area contributed by atoms with E-state index in [9.17, 15) is 15.2 Å². The summed E-state index contributed by atoms with van der Waals surface area (Å²) in [6.07, 6.45) is 0. The zero-order valence-corrected chi connectivity index (χ0v) is 14.8. The van der Waals surface area contributed by atoms with Crippen molar-refractivity contribution in [3.05, 3.63) is 50.6 Å². The normalized spacial score (nSPS) is 16.8. The minimum Gasteiger partial charge on any atom is -0.492 e. The molecule has 1 N–H and O–H groups in total. The van der Waals surface area contributed by atoms with Crippen LogP contribution in [0.4, 0.5) is 5.69 Å². The molecule has 1 saturated heterocycles. The molecule has 2 aromatic heterocycles. The van der Waals surface area contributed by atoms with Crippen molar-refractivity contribution < 1.29 is 14.8 Å². The number of nitrogens with zero attached hydrogens (tertiary/aromatic N) is 5. The predicted octanol–water partition coefficient (Wildman–Crippen LogP) is 2.13. The van der Waals surface area contributed by atoms with Crippen LogP contribution in [0.15, 0.2) is 24.3 Å². The van der Waals surface area contributed by atoms with Crippen LogP contribution in [0.5, 0.6) is 5.88 Å². The summed E-state index contributed by atoms with van der Waals surface area (Å²) >= 11 is 1.37. The molecule has 1 fully saturated rings. The van der Waals surface area contributed by atoms with Crippen molar-refractivity contribution in [2.75, 3.05) is 26.3 Å². The molecule has 0 amide bonds. The van der Waals surface area contributed by atoms with Crippen LogP contribution in [0.1, 0.15) is 22.3 Å². The van der Waals surface area contributed by atoms with Gasteiger partial charge in [0.1, 0.15) is 5.82 Å². The Bertz CT molecular complexity index is 946. The molecule has 1 aliphatic heterocycles. The minimum atomic E-state index is -0.420. The van der Waals surface area contributed by atoms with Crippen molar-refractivity contribution in [3.63, 3.8) is 0 Å². The third kappa shape index (κ3) is 2.91. The topological polar surface area (TPSA) is 106 Å². The van der Waals surface area contributed by atoms with Gasteiger partial charge >= 0.3 is 0 Å². The fourth-order valence-electron chi connectivity index (χ4n) is 3.17. The van der Waals surface area contributed by atoms with Crippen LogP contribution in [0.2, 0.25) is 0 Å². The molecule has 26 heavy (non-hydrogen) atoms.